The van der Waals surface area contributed by atoms with Crippen molar-refractivity contribution in [2.75, 3.05) is 0 Å². The quantitative estimate of drug-likeness (QED) is 0.565. The Bertz CT molecular complexity index is 539. The minimum absolute atomic E-state index is 0. The molecule has 21 heavy (non-hydrogen) atoms. The Morgan fingerprint density at radius 1 is 1.10 bits per heavy atom. The van der Waals surface area contributed by atoms with E-state index in [1.54, 1.807) is 0 Å². The molecule has 1 aromatic heterocycles. The van der Waals surface area contributed by atoms with Crippen LogP contribution in [0.1, 0.15) is 58.1 Å². The molecule has 118 valence electrons. The summed E-state index contributed by atoms with van der Waals surface area (Å²) in [6, 6.07) is 8.21. The van der Waals surface area contributed by atoms with Gasteiger partial charge in [0.1, 0.15) is 0 Å². The lowest BCUT2D eigenvalue weighted by Gasteiger charge is -2.07. The Balaban J connectivity index is 0.00000220. The van der Waals surface area contributed by atoms with E-state index in [4.69, 9.17) is 0 Å². The van der Waals surface area contributed by atoms with Gasteiger partial charge in [-0.3, -0.25) is 0 Å². The van der Waals surface area contributed by atoms with Crippen LogP contribution in [0.2, 0.25) is 0 Å². The van der Waals surface area contributed by atoms with Gasteiger partial charge in [-0.15, -0.1) is 0 Å². The van der Waals surface area contributed by atoms with Crippen molar-refractivity contribution in [3.63, 3.8) is 0 Å². The molecule has 2 rings (SSSR count). The molecule has 1 atom stereocenters. The number of hydrogen-bond acceptors (Lipinski definition) is 1. The number of imidazole rings is 1. The standard InChI is InChI=1S/C17H27N2O.ClH/c1-3-4-5-6-7-8-13-17(20)19-14-18(2)15-11-9-10-12-16(15)19;/h9-12,14,17,20H,3-8,13H2,1-2H3;1H/q+1;/p-1. The Hall–Kier alpha value is -1.06. The molecule has 4 heteroatoms. The predicted octanol–water partition coefficient (Wildman–Crippen LogP) is 0.711. The first-order chi connectivity index (χ1) is 9.74. The molecule has 2 aromatic rings. The molecule has 1 unspecified atom stereocenters. The van der Waals surface area contributed by atoms with Crippen LogP contribution in [0.4, 0.5) is 0 Å². The number of halogens is 1. The lowest BCUT2D eigenvalue weighted by atomic mass is 10.1. The summed E-state index contributed by atoms with van der Waals surface area (Å²) in [7, 11) is 2.02. The van der Waals surface area contributed by atoms with Gasteiger partial charge >= 0.3 is 0 Å². The zero-order valence-electron chi connectivity index (χ0n) is 13.1. The lowest BCUT2D eigenvalue weighted by Crippen LogP contribution is -3.00. The van der Waals surface area contributed by atoms with Crippen LogP contribution in [0.3, 0.4) is 0 Å². The largest absolute Gasteiger partial charge is 1.00 e. The summed E-state index contributed by atoms with van der Waals surface area (Å²) in [4.78, 5) is 0. The van der Waals surface area contributed by atoms with Crippen LogP contribution in [0.15, 0.2) is 30.6 Å². The van der Waals surface area contributed by atoms with E-state index in [2.05, 4.69) is 23.6 Å². The molecule has 0 amide bonds. The van der Waals surface area contributed by atoms with Gasteiger partial charge in [-0.1, -0.05) is 51.2 Å². The summed E-state index contributed by atoms with van der Waals surface area (Å²) in [5, 5.41) is 10.4. The van der Waals surface area contributed by atoms with Gasteiger partial charge < -0.3 is 17.5 Å². The van der Waals surface area contributed by atoms with Crippen LogP contribution in [-0.4, -0.2) is 9.67 Å². The monoisotopic (exact) mass is 310 g/mol. The smallest absolute Gasteiger partial charge is 0.246 e. The number of aryl methyl sites for hydroxylation is 1. The Kier molecular flexibility index (Phi) is 7.76. The van der Waals surface area contributed by atoms with Crippen LogP contribution in [0.25, 0.3) is 11.0 Å². The molecule has 0 aliphatic heterocycles. The number of nitrogens with zero attached hydrogens (tertiary/aromatic N) is 2. The highest BCUT2D eigenvalue weighted by Gasteiger charge is 2.18. The number of unbranched alkanes of at least 4 members (excludes halogenated alkanes) is 5. The Morgan fingerprint density at radius 3 is 2.52 bits per heavy atom. The van der Waals surface area contributed by atoms with Gasteiger partial charge in [0, 0.05) is 6.42 Å². The third kappa shape index (κ3) is 4.72. The third-order valence-corrected chi connectivity index (χ3v) is 3.97. The van der Waals surface area contributed by atoms with Crippen LogP contribution >= 0.6 is 0 Å². The highest BCUT2D eigenvalue weighted by molar-refractivity contribution is 5.71. The van der Waals surface area contributed by atoms with Gasteiger partial charge in [0.15, 0.2) is 17.3 Å². The van der Waals surface area contributed by atoms with E-state index in [-0.39, 0.29) is 12.4 Å². The summed E-state index contributed by atoms with van der Waals surface area (Å²) in [6.45, 7) is 2.24. The fraction of sp³-hybridized carbons (Fsp3) is 0.588. The molecule has 1 N–H and O–H groups in total. The van der Waals surface area contributed by atoms with Gasteiger partial charge in [-0.05, 0) is 18.6 Å². The highest BCUT2D eigenvalue weighted by atomic mass is 35.5. The first kappa shape index (κ1) is 18.0. The van der Waals surface area contributed by atoms with Crippen LogP contribution < -0.4 is 17.0 Å². The molecule has 3 nitrogen and oxygen atoms in total. The van der Waals surface area contributed by atoms with E-state index in [0.29, 0.717) is 0 Å². The number of hydrogen-bond donors (Lipinski definition) is 1. The van der Waals surface area contributed by atoms with Gasteiger partial charge in [0.25, 0.3) is 0 Å². The Labute approximate surface area is 134 Å². The normalized spacial score (nSPS) is 12.3. The van der Waals surface area contributed by atoms with E-state index in [0.717, 1.165) is 23.9 Å². The summed E-state index contributed by atoms with van der Waals surface area (Å²) in [5.74, 6) is 0. The van der Waals surface area contributed by atoms with Crippen molar-refractivity contribution in [1.82, 2.24) is 4.57 Å². The van der Waals surface area contributed by atoms with E-state index in [1.165, 1.54) is 32.1 Å². The average Bonchev–Trinajstić information content (AvgIpc) is 2.80. The van der Waals surface area contributed by atoms with Gasteiger partial charge in [0.2, 0.25) is 6.33 Å². The van der Waals surface area contributed by atoms with Crippen LogP contribution in [0.5, 0.6) is 0 Å². The molecule has 1 heterocycles. The number of rotatable bonds is 8. The lowest BCUT2D eigenvalue weighted by molar-refractivity contribution is -0.646. The first-order valence-electron chi connectivity index (χ1n) is 7.87. The van der Waals surface area contributed by atoms with Crippen molar-refractivity contribution in [2.24, 2.45) is 7.05 Å². The minimum atomic E-state index is -0.410. The second-order valence-electron chi connectivity index (χ2n) is 5.66. The summed E-state index contributed by atoms with van der Waals surface area (Å²) < 4.78 is 4.06. The van der Waals surface area contributed by atoms with E-state index < -0.39 is 6.23 Å². The number of benzene rings is 1. The predicted molar refractivity (Wildman–Crippen MR) is 82.4 cm³/mol. The van der Waals surface area contributed by atoms with Crippen LogP contribution in [0, 0.1) is 0 Å². The van der Waals surface area contributed by atoms with Gasteiger partial charge in [-0.25, -0.2) is 9.13 Å². The molecule has 0 fully saturated rings. The van der Waals surface area contributed by atoms with Crippen molar-refractivity contribution < 1.29 is 22.1 Å². The molecular weight excluding hydrogens is 284 g/mol. The number of fused-ring (bicyclic) bond motifs is 1. The molecule has 0 spiro atoms. The van der Waals surface area contributed by atoms with Gasteiger partial charge in [0.05, 0.1) is 7.05 Å². The summed E-state index contributed by atoms with van der Waals surface area (Å²) >= 11 is 0. The maximum Gasteiger partial charge on any atom is 0.246 e. The van der Waals surface area contributed by atoms with E-state index in [9.17, 15) is 5.11 Å². The minimum Gasteiger partial charge on any atom is -1.00 e. The molecule has 1 aromatic carbocycles. The van der Waals surface area contributed by atoms with Crippen LogP contribution in [-0.2, 0) is 7.05 Å². The van der Waals surface area contributed by atoms with Crippen molar-refractivity contribution in [1.29, 1.82) is 0 Å². The molecule has 0 bridgehead atoms. The highest BCUT2D eigenvalue weighted by Crippen LogP contribution is 2.19. The fourth-order valence-corrected chi connectivity index (χ4v) is 2.78. The van der Waals surface area contributed by atoms with E-state index in [1.807, 2.05) is 30.1 Å². The molecule has 0 aliphatic rings. The second-order valence-corrected chi connectivity index (χ2v) is 5.66. The topological polar surface area (TPSA) is 29.0 Å². The molecule has 0 radical (unpaired) electrons. The number of aliphatic hydroxyl groups is 1. The maximum atomic E-state index is 10.4. The van der Waals surface area contributed by atoms with Crippen molar-refractivity contribution in [3.8, 4) is 0 Å². The van der Waals surface area contributed by atoms with E-state index >= 15 is 0 Å². The second kappa shape index (κ2) is 9.06. The number of aliphatic hydroxyl groups excluding tert-OH is 1. The maximum absolute atomic E-state index is 10.4. The Morgan fingerprint density at radius 2 is 1.76 bits per heavy atom. The summed E-state index contributed by atoms with van der Waals surface area (Å²) in [6.07, 6.45) is 9.98. The third-order valence-electron chi connectivity index (χ3n) is 3.97. The molecule has 0 saturated heterocycles. The SMILES string of the molecule is CCCCCCCCC(O)n1c[n+](C)c2ccccc21.[Cl-]. The fourth-order valence-electron chi connectivity index (χ4n) is 2.78. The molecule has 0 saturated carbocycles. The van der Waals surface area contributed by atoms with Gasteiger partial charge in [-0.2, -0.15) is 0 Å². The number of para-hydroxylation sites is 2. The average molecular weight is 311 g/mol. The molecule has 0 aliphatic carbocycles. The van der Waals surface area contributed by atoms with Crippen molar-refractivity contribution in [2.45, 2.75) is 58.1 Å². The number of aromatic nitrogens is 2. The molecular formula is C17H27ClN2O. The summed E-state index contributed by atoms with van der Waals surface area (Å²) in [5.41, 5.74) is 2.27. The first-order valence-corrected chi connectivity index (χ1v) is 7.87. The zero-order chi connectivity index (χ0) is 14.4. The van der Waals surface area contributed by atoms with Crippen molar-refractivity contribution >= 4 is 11.0 Å². The zero-order valence-corrected chi connectivity index (χ0v) is 13.9. The van der Waals surface area contributed by atoms with Crippen molar-refractivity contribution in [3.05, 3.63) is 30.6 Å².